The van der Waals surface area contributed by atoms with E-state index < -0.39 is 0 Å². The number of nitrogens with zero attached hydrogens (tertiary/aromatic N) is 1. The molecule has 0 aliphatic rings. The van der Waals surface area contributed by atoms with Gasteiger partial charge in [-0.05, 0) is 16.8 Å². The molecule has 3 rings (SSSR count). The molecule has 0 aliphatic carbocycles. The summed E-state index contributed by atoms with van der Waals surface area (Å²) < 4.78 is 5.72. The molecule has 0 radical (unpaired) electrons. The third kappa shape index (κ3) is 2.35. The van der Waals surface area contributed by atoms with Gasteiger partial charge in [-0.25, -0.2) is 0 Å². The van der Waals surface area contributed by atoms with Crippen LogP contribution in [0.5, 0.6) is 5.75 Å². The third-order valence-corrected chi connectivity index (χ3v) is 3.66. The standard InChI is InChI=1S/C15H11NO2S/c17-8-14-13-4-2-1-3-11(13)5-6-15(14)18-9-12-7-16-10-19-12/h1-8,10H,9H2. The molecule has 0 atom stereocenters. The first-order valence-corrected chi connectivity index (χ1v) is 6.73. The van der Waals surface area contributed by atoms with Gasteiger partial charge >= 0.3 is 0 Å². The van der Waals surface area contributed by atoms with Crippen LogP contribution in [0.15, 0.2) is 48.1 Å². The van der Waals surface area contributed by atoms with Gasteiger partial charge in [-0.3, -0.25) is 9.78 Å². The van der Waals surface area contributed by atoms with Crippen LogP contribution in [0.25, 0.3) is 10.8 Å². The number of hydrogen-bond donors (Lipinski definition) is 0. The van der Waals surface area contributed by atoms with E-state index in [9.17, 15) is 4.79 Å². The molecule has 19 heavy (non-hydrogen) atoms. The Morgan fingerprint density at radius 1 is 1.21 bits per heavy atom. The number of carbonyl (C=O) groups excluding carboxylic acids is 1. The van der Waals surface area contributed by atoms with Crippen LogP contribution in [0.1, 0.15) is 15.2 Å². The highest BCUT2D eigenvalue weighted by atomic mass is 32.1. The van der Waals surface area contributed by atoms with Gasteiger partial charge in [-0.1, -0.05) is 30.3 Å². The van der Waals surface area contributed by atoms with Gasteiger partial charge in [0.1, 0.15) is 12.4 Å². The summed E-state index contributed by atoms with van der Waals surface area (Å²) in [4.78, 5) is 16.3. The largest absolute Gasteiger partial charge is 0.487 e. The topological polar surface area (TPSA) is 39.2 Å². The minimum absolute atomic E-state index is 0.434. The molecule has 0 saturated carbocycles. The van der Waals surface area contributed by atoms with E-state index in [2.05, 4.69) is 4.98 Å². The summed E-state index contributed by atoms with van der Waals surface area (Å²) in [6.45, 7) is 0.434. The molecule has 1 heterocycles. The van der Waals surface area contributed by atoms with Crippen LogP contribution >= 0.6 is 11.3 Å². The highest BCUT2D eigenvalue weighted by Crippen LogP contribution is 2.27. The first-order chi connectivity index (χ1) is 9.38. The minimum Gasteiger partial charge on any atom is -0.487 e. The van der Waals surface area contributed by atoms with Crippen LogP contribution in [0.3, 0.4) is 0 Å². The fourth-order valence-corrected chi connectivity index (χ4v) is 2.49. The van der Waals surface area contributed by atoms with Crippen molar-refractivity contribution >= 4 is 28.4 Å². The Bertz CT molecular complexity index is 707. The Morgan fingerprint density at radius 3 is 2.89 bits per heavy atom. The predicted octanol–water partition coefficient (Wildman–Crippen LogP) is 3.69. The van der Waals surface area contributed by atoms with Gasteiger partial charge < -0.3 is 4.74 Å². The summed E-state index contributed by atoms with van der Waals surface area (Å²) in [6.07, 6.45) is 2.62. The molecule has 0 spiro atoms. The van der Waals surface area contributed by atoms with E-state index in [0.717, 1.165) is 21.9 Å². The molecule has 3 aromatic rings. The van der Waals surface area contributed by atoms with E-state index in [1.165, 1.54) is 11.3 Å². The van der Waals surface area contributed by atoms with Gasteiger partial charge in [-0.2, -0.15) is 0 Å². The summed E-state index contributed by atoms with van der Waals surface area (Å²) in [5, 5.41) is 1.95. The van der Waals surface area contributed by atoms with Crippen molar-refractivity contribution in [2.75, 3.05) is 0 Å². The Kier molecular flexibility index (Phi) is 3.25. The highest BCUT2D eigenvalue weighted by molar-refractivity contribution is 7.09. The van der Waals surface area contributed by atoms with Gasteiger partial charge in [0.25, 0.3) is 0 Å². The van der Waals surface area contributed by atoms with Crippen molar-refractivity contribution in [2.45, 2.75) is 6.61 Å². The second-order valence-electron chi connectivity index (χ2n) is 4.07. The van der Waals surface area contributed by atoms with Crippen molar-refractivity contribution in [3.05, 3.63) is 58.5 Å². The van der Waals surface area contributed by atoms with Crippen LogP contribution < -0.4 is 4.74 Å². The number of ether oxygens (including phenoxy) is 1. The number of benzene rings is 2. The molecular formula is C15H11NO2S. The van der Waals surface area contributed by atoms with E-state index in [4.69, 9.17) is 4.74 Å². The van der Waals surface area contributed by atoms with Crippen LogP contribution in [0.2, 0.25) is 0 Å². The normalized spacial score (nSPS) is 10.5. The summed E-state index contributed by atoms with van der Waals surface area (Å²) in [7, 11) is 0. The summed E-state index contributed by atoms with van der Waals surface area (Å²) in [5.74, 6) is 0.613. The molecule has 3 nitrogen and oxygen atoms in total. The lowest BCUT2D eigenvalue weighted by Gasteiger charge is -2.09. The smallest absolute Gasteiger partial charge is 0.154 e. The number of aldehydes is 1. The molecule has 0 aliphatic heterocycles. The number of rotatable bonds is 4. The molecule has 1 aromatic heterocycles. The third-order valence-electron chi connectivity index (χ3n) is 2.90. The van der Waals surface area contributed by atoms with Crippen LogP contribution in [-0.4, -0.2) is 11.3 Å². The van der Waals surface area contributed by atoms with Crippen molar-refractivity contribution < 1.29 is 9.53 Å². The van der Waals surface area contributed by atoms with Gasteiger partial charge in [0, 0.05) is 6.20 Å². The second kappa shape index (κ2) is 5.20. The van der Waals surface area contributed by atoms with Gasteiger partial charge in [-0.15, -0.1) is 11.3 Å². The maximum absolute atomic E-state index is 11.3. The van der Waals surface area contributed by atoms with Crippen LogP contribution in [0.4, 0.5) is 0 Å². The SMILES string of the molecule is O=Cc1c(OCc2cncs2)ccc2ccccc12. The van der Waals surface area contributed by atoms with Crippen molar-refractivity contribution in [1.82, 2.24) is 4.98 Å². The maximum Gasteiger partial charge on any atom is 0.154 e. The lowest BCUT2D eigenvalue weighted by Crippen LogP contribution is -1.97. The summed E-state index contributed by atoms with van der Waals surface area (Å²) in [5.41, 5.74) is 2.36. The van der Waals surface area contributed by atoms with E-state index in [-0.39, 0.29) is 0 Å². The lowest BCUT2D eigenvalue weighted by molar-refractivity contribution is 0.112. The average molecular weight is 269 g/mol. The first kappa shape index (κ1) is 11.9. The quantitative estimate of drug-likeness (QED) is 0.678. The zero-order chi connectivity index (χ0) is 13.1. The number of aromatic nitrogens is 1. The molecule has 0 fully saturated rings. The second-order valence-corrected chi connectivity index (χ2v) is 5.04. The maximum atomic E-state index is 11.3. The molecule has 0 bridgehead atoms. The average Bonchev–Trinajstić information content (AvgIpc) is 2.97. The molecule has 2 aromatic carbocycles. The number of hydrogen-bond acceptors (Lipinski definition) is 4. The van der Waals surface area contributed by atoms with Gasteiger partial charge in [0.15, 0.2) is 6.29 Å². The molecule has 0 unspecified atom stereocenters. The van der Waals surface area contributed by atoms with Crippen molar-refractivity contribution in [2.24, 2.45) is 0 Å². The fraction of sp³-hybridized carbons (Fsp3) is 0.0667. The fourth-order valence-electron chi connectivity index (χ4n) is 1.99. The zero-order valence-electron chi connectivity index (χ0n) is 10.1. The zero-order valence-corrected chi connectivity index (χ0v) is 10.9. The molecule has 0 N–H and O–H groups in total. The minimum atomic E-state index is 0.434. The first-order valence-electron chi connectivity index (χ1n) is 5.85. The molecule has 0 saturated heterocycles. The van der Waals surface area contributed by atoms with Crippen molar-refractivity contribution in [3.8, 4) is 5.75 Å². The van der Waals surface area contributed by atoms with Crippen LogP contribution in [0, 0.1) is 0 Å². The Balaban J connectivity index is 1.96. The summed E-state index contributed by atoms with van der Waals surface area (Å²) in [6, 6.07) is 11.6. The number of fused-ring (bicyclic) bond motifs is 1. The van der Waals surface area contributed by atoms with E-state index >= 15 is 0 Å². The van der Waals surface area contributed by atoms with E-state index in [1.807, 2.05) is 36.4 Å². The lowest BCUT2D eigenvalue weighted by atomic mass is 10.0. The molecule has 4 heteroatoms. The van der Waals surface area contributed by atoms with Crippen molar-refractivity contribution in [1.29, 1.82) is 0 Å². The Morgan fingerprint density at radius 2 is 2.11 bits per heavy atom. The Labute approximate surface area is 114 Å². The predicted molar refractivity (Wildman–Crippen MR) is 75.8 cm³/mol. The number of carbonyl (C=O) groups is 1. The Hall–Kier alpha value is -2.20. The summed E-state index contributed by atoms with van der Waals surface area (Å²) >= 11 is 1.53. The highest BCUT2D eigenvalue weighted by Gasteiger charge is 2.08. The molecular weight excluding hydrogens is 258 g/mol. The van der Waals surface area contributed by atoms with E-state index in [0.29, 0.717) is 17.9 Å². The molecule has 0 amide bonds. The molecule has 94 valence electrons. The monoisotopic (exact) mass is 269 g/mol. The van der Waals surface area contributed by atoms with Crippen LogP contribution in [-0.2, 0) is 6.61 Å². The van der Waals surface area contributed by atoms with Gasteiger partial charge in [0.05, 0.1) is 16.0 Å². The van der Waals surface area contributed by atoms with Crippen molar-refractivity contribution in [3.63, 3.8) is 0 Å². The van der Waals surface area contributed by atoms with E-state index in [1.54, 1.807) is 11.7 Å². The number of thiazole rings is 1. The van der Waals surface area contributed by atoms with Gasteiger partial charge in [0.2, 0.25) is 0 Å².